The third-order valence-corrected chi connectivity index (χ3v) is 8.45. The van der Waals surface area contributed by atoms with Crippen molar-refractivity contribution in [2.45, 2.75) is 6.61 Å². The van der Waals surface area contributed by atoms with Gasteiger partial charge in [0.05, 0.1) is 36.6 Å². The number of methoxy groups -OCH3 is 2. The van der Waals surface area contributed by atoms with Crippen LogP contribution in [0.15, 0.2) is 113 Å². The Kier molecular flexibility index (Phi) is 11.0. The van der Waals surface area contributed by atoms with E-state index < -0.39 is 5.82 Å². The number of benzene rings is 5. The molecule has 7 rings (SSSR count). The van der Waals surface area contributed by atoms with Gasteiger partial charge in [-0.05, 0) is 54.1 Å². The van der Waals surface area contributed by atoms with Gasteiger partial charge in [0.2, 0.25) is 0 Å². The van der Waals surface area contributed by atoms with Gasteiger partial charge >= 0.3 is 0 Å². The van der Waals surface area contributed by atoms with Crippen molar-refractivity contribution >= 4 is 76.7 Å². The van der Waals surface area contributed by atoms with E-state index in [1.54, 1.807) is 49.6 Å². The number of aromatic nitrogens is 4. The summed E-state index contributed by atoms with van der Waals surface area (Å²) in [6.45, 7) is 0.406. The molecule has 2 heterocycles. The first-order chi connectivity index (χ1) is 24.7. The Balaban J connectivity index is 0.000000183. The van der Waals surface area contributed by atoms with Crippen molar-refractivity contribution < 1.29 is 28.1 Å². The van der Waals surface area contributed by atoms with Crippen molar-refractivity contribution in [1.82, 2.24) is 19.9 Å². The normalized spacial score (nSPS) is 10.7. The van der Waals surface area contributed by atoms with Crippen molar-refractivity contribution in [1.29, 1.82) is 0 Å². The number of nitrogens with one attached hydrogen (secondary N) is 2. The van der Waals surface area contributed by atoms with Crippen molar-refractivity contribution in [2.24, 2.45) is 0 Å². The molecule has 51 heavy (non-hydrogen) atoms. The van der Waals surface area contributed by atoms with Crippen LogP contribution in [0.3, 0.4) is 0 Å². The summed E-state index contributed by atoms with van der Waals surface area (Å²) in [4.78, 5) is 16.8. The van der Waals surface area contributed by atoms with Crippen LogP contribution in [-0.4, -0.2) is 39.3 Å². The van der Waals surface area contributed by atoms with Gasteiger partial charge in [-0.25, -0.2) is 28.7 Å². The van der Waals surface area contributed by atoms with Crippen molar-refractivity contribution in [2.75, 3.05) is 24.9 Å². The topological polar surface area (TPSA) is 124 Å². The molecule has 2 aromatic heterocycles. The lowest BCUT2D eigenvalue weighted by molar-refractivity contribution is 0.285. The third-order valence-electron chi connectivity index (χ3n) is 7.46. The highest BCUT2D eigenvalue weighted by molar-refractivity contribution is 9.10. The number of nitrogens with zero attached hydrogens (tertiary/aromatic N) is 4. The number of rotatable bonds is 9. The summed E-state index contributed by atoms with van der Waals surface area (Å²) < 4.78 is 46.0. The summed E-state index contributed by atoms with van der Waals surface area (Å²) in [5.74, 6) is 1.49. The summed E-state index contributed by atoms with van der Waals surface area (Å²) >= 11 is 6.47. The lowest BCUT2D eigenvalue weighted by Crippen LogP contribution is -2.01. The van der Waals surface area contributed by atoms with Gasteiger partial charge in [0.25, 0.3) is 0 Å². The van der Waals surface area contributed by atoms with E-state index >= 15 is 0 Å². The molecule has 0 bridgehead atoms. The Morgan fingerprint density at radius 3 is 1.69 bits per heavy atom. The van der Waals surface area contributed by atoms with Crippen LogP contribution in [0.1, 0.15) is 5.56 Å². The van der Waals surface area contributed by atoms with E-state index in [0.29, 0.717) is 71.9 Å². The van der Waals surface area contributed by atoms with E-state index in [-0.39, 0.29) is 17.3 Å². The van der Waals surface area contributed by atoms with Gasteiger partial charge in [0.1, 0.15) is 42.5 Å². The fourth-order valence-electron chi connectivity index (χ4n) is 4.94. The molecule has 0 aliphatic heterocycles. The van der Waals surface area contributed by atoms with E-state index in [9.17, 15) is 13.9 Å². The predicted molar refractivity (Wildman–Crippen MR) is 199 cm³/mol. The third kappa shape index (κ3) is 8.41. The van der Waals surface area contributed by atoms with E-state index in [2.05, 4.69) is 62.4 Å². The van der Waals surface area contributed by atoms with Crippen molar-refractivity contribution in [3.8, 4) is 23.0 Å². The van der Waals surface area contributed by atoms with Crippen LogP contribution in [0.2, 0.25) is 0 Å². The minimum Gasteiger partial charge on any atom is -0.504 e. The van der Waals surface area contributed by atoms with Gasteiger partial charge in [0.15, 0.2) is 23.0 Å². The van der Waals surface area contributed by atoms with E-state index in [0.717, 1.165) is 5.56 Å². The molecule has 3 N–H and O–H groups in total. The number of hydrogen-bond acceptors (Lipinski definition) is 10. The number of phenolic OH excluding ortho intramolecular Hbond substituents is 1. The molecule has 10 nitrogen and oxygen atoms in total. The minimum absolute atomic E-state index is 0.0190. The molecule has 0 saturated carbocycles. The number of halogens is 4. The number of fused-ring (bicyclic) bond motifs is 2. The Morgan fingerprint density at radius 2 is 1.16 bits per heavy atom. The maximum Gasteiger partial charge on any atom is 0.163 e. The van der Waals surface area contributed by atoms with Gasteiger partial charge in [-0.15, -0.1) is 0 Å². The Labute approximate surface area is 307 Å². The molecule has 0 atom stereocenters. The first-order valence-corrected chi connectivity index (χ1v) is 16.8. The number of anilines is 4. The molecule has 0 aliphatic rings. The molecule has 0 amide bonds. The van der Waals surface area contributed by atoms with Gasteiger partial charge in [-0.1, -0.05) is 62.2 Å². The van der Waals surface area contributed by atoms with Crippen LogP contribution in [0, 0.1) is 11.6 Å². The van der Waals surface area contributed by atoms with Gasteiger partial charge in [-0.2, -0.15) is 0 Å². The largest absolute Gasteiger partial charge is 0.504 e. The number of aromatic hydroxyl groups is 1. The monoisotopic (exact) mass is 816 g/mol. The second-order valence-electron chi connectivity index (χ2n) is 10.8. The Morgan fingerprint density at radius 1 is 0.627 bits per heavy atom. The molecule has 7 aromatic rings. The fraction of sp³-hybridized carbons (Fsp3) is 0.0811. The zero-order valence-electron chi connectivity index (χ0n) is 27.0. The molecule has 14 heteroatoms. The average molecular weight is 818 g/mol. The number of phenols is 1. The number of ether oxygens (including phenoxy) is 3. The van der Waals surface area contributed by atoms with Crippen molar-refractivity contribution in [3.05, 3.63) is 130 Å². The highest BCUT2D eigenvalue weighted by Gasteiger charge is 2.14. The molecule has 0 saturated heterocycles. The molecule has 0 radical (unpaired) electrons. The quantitative estimate of drug-likeness (QED) is 0.130. The van der Waals surface area contributed by atoms with Gasteiger partial charge in [-0.3, -0.25) is 0 Å². The first-order valence-electron chi connectivity index (χ1n) is 15.2. The van der Waals surface area contributed by atoms with Crippen molar-refractivity contribution in [3.63, 3.8) is 0 Å². The number of hydrogen-bond donors (Lipinski definition) is 3. The minimum atomic E-state index is -0.410. The molecule has 0 fully saturated rings. The fourth-order valence-corrected chi connectivity index (χ4v) is 5.61. The summed E-state index contributed by atoms with van der Waals surface area (Å²) in [5.41, 5.74) is 2.83. The van der Waals surface area contributed by atoms with E-state index in [1.165, 1.54) is 38.0 Å². The highest BCUT2D eigenvalue weighted by Crippen LogP contribution is 2.36. The maximum atomic E-state index is 14.2. The van der Waals surface area contributed by atoms with Crippen LogP contribution >= 0.6 is 31.9 Å². The zero-order valence-corrected chi connectivity index (χ0v) is 30.2. The van der Waals surface area contributed by atoms with Crippen LogP contribution in [0.25, 0.3) is 21.8 Å². The molecular weight excluding hydrogens is 790 g/mol. The standard InChI is InChI=1S/C22H17BrFN3O2.C15H11BrFN3O2/c1-28-20-10-16-19(11-21(20)29-12-14-5-3-2-4-6-14)25-13-26-22(16)27-18-8-7-15(23)9-17(18)24;1-22-14-5-9-12(6-13(14)21)18-7-19-15(9)20-11-3-2-8(16)4-10(11)17/h2-11,13H,12H2,1H3,(H,25,26,27);2-7,21H,1H3,(H,18,19,20). The lowest BCUT2D eigenvalue weighted by Gasteiger charge is -2.14. The summed E-state index contributed by atoms with van der Waals surface area (Å²) in [5, 5.41) is 17.1. The molecule has 5 aromatic carbocycles. The molecule has 0 unspecified atom stereocenters. The van der Waals surface area contributed by atoms with E-state index in [1.807, 2.05) is 30.3 Å². The van der Waals surface area contributed by atoms with Gasteiger partial charge < -0.3 is 30.0 Å². The van der Waals surface area contributed by atoms with E-state index in [4.69, 9.17) is 14.2 Å². The highest BCUT2D eigenvalue weighted by atomic mass is 79.9. The predicted octanol–water partition coefficient (Wildman–Crippen LogP) is 9.85. The average Bonchev–Trinajstić information content (AvgIpc) is 3.13. The zero-order chi connectivity index (χ0) is 35.9. The second-order valence-corrected chi connectivity index (χ2v) is 12.6. The summed E-state index contributed by atoms with van der Waals surface area (Å²) in [6.07, 6.45) is 2.77. The molecule has 258 valence electrons. The molecular formula is C37H28Br2F2N6O4. The second kappa shape index (κ2) is 16.0. The molecule has 0 aliphatic carbocycles. The lowest BCUT2D eigenvalue weighted by atomic mass is 10.2. The van der Waals surface area contributed by atoms with Crippen LogP contribution in [0.5, 0.6) is 23.0 Å². The van der Waals surface area contributed by atoms with Crippen LogP contribution in [-0.2, 0) is 6.61 Å². The molecule has 0 spiro atoms. The Bertz CT molecular complexity index is 2340. The Hall–Kier alpha value is -5.60. The van der Waals surface area contributed by atoms with Gasteiger partial charge in [0, 0.05) is 31.9 Å². The summed E-state index contributed by atoms with van der Waals surface area (Å²) in [6, 6.07) is 26.0. The SMILES string of the molecule is COc1cc2c(Nc3ccc(Br)cc3F)ncnc2cc1O.COc1cc2c(Nc3ccc(Br)cc3F)ncnc2cc1OCc1ccccc1. The maximum absolute atomic E-state index is 14.2. The van der Waals surface area contributed by atoms with Crippen LogP contribution < -0.4 is 24.8 Å². The summed E-state index contributed by atoms with van der Waals surface area (Å²) in [7, 11) is 3.02. The van der Waals surface area contributed by atoms with Crippen LogP contribution in [0.4, 0.5) is 31.8 Å². The first kappa shape index (κ1) is 35.2. The smallest absolute Gasteiger partial charge is 0.163 e.